The van der Waals surface area contributed by atoms with Gasteiger partial charge >= 0.3 is 5.97 Å². The van der Waals surface area contributed by atoms with Crippen molar-refractivity contribution in [1.29, 1.82) is 0 Å². The summed E-state index contributed by atoms with van der Waals surface area (Å²) in [4.78, 5) is 33.6. The number of nitrogens with zero attached hydrogens (tertiary/aromatic N) is 2. The number of esters is 1. The number of ether oxygens (including phenoxy) is 1. The molecule has 1 saturated heterocycles. The lowest BCUT2D eigenvalue weighted by Crippen LogP contribution is -2.40. The Morgan fingerprint density at radius 3 is 3.08 bits per heavy atom. The molecule has 1 fully saturated rings. The number of aromatic amines is 1. The van der Waals surface area contributed by atoms with Crippen LogP contribution < -0.4 is 5.56 Å². The summed E-state index contributed by atoms with van der Waals surface area (Å²) in [6.07, 6.45) is 2.54. The maximum atomic E-state index is 12.1. The lowest BCUT2D eigenvalue weighted by molar-refractivity contribution is -0.149. The van der Waals surface area contributed by atoms with Crippen molar-refractivity contribution >= 4 is 16.9 Å². The average Bonchev–Trinajstić information content (AvgIpc) is 2.60. The summed E-state index contributed by atoms with van der Waals surface area (Å²) in [5.41, 5.74) is 0.623. The van der Waals surface area contributed by atoms with Gasteiger partial charge in [0.25, 0.3) is 5.56 Å². The van der Waals surface area contributed by atoms with Crippen molar-refractivity contribution < 1.29 is 9.53 Å². The molecule has 1 N–H and O–H groups in total. The number of hydrogen-bond donors (Lipinski definition) is 1. The highest BCUT2D eigenvalue weighted by Crippen LogP contribution is 2.18. The Hall–Kier alpha value is -2.21. The minimum absolute atomic E-state index is 0.0395. The van der Waals surface area contributed by atoms with E-state index >= 15 is 0 Å². The van der Waals surface area contributed by atoms with Crippen LogP contribution in [0.15, 0.2) is 29.1 Å². The Balaban J connectivity index is 1.63. The first-order valence-electron chi connectivity index (χ1n) is 8.54. The van der Waals surface area contributed by atoms with Gasteiger partial charge in [-0.05, 0) is 38.4 Å². The van der Waals surface area contributed by atoms with Gasteiger partial charge in [-0.25, -0.2) is 4.98 Å². The molecule has 3 rings (SSSR count). The Kier molecular flexibility index (Phi) is 5.25. The van der Waals surface area contributed by atoms with Gasteiger partial charge in [-0.3, -0.25) is 9.59 Å². The molecule has 24 heavy (non-hydrogen) atoms. The van der Waals surface area contributed by atoms with Crippen LogP contribution in [0.25, 0.3) is 10.9 Å². The maximum absolute atomic E-state index is 12.1. The summed E-state index contributed by atoms with van der Waals surface area (Å²) in [6.45, 7) is 4.72. The topological polar surface area (TPSA) is 75.3 Å². The van der Waals surface area contributed by atoms with Crippen molar-refractivity contribution in [1.82, 2.24) is 14.9 Å². The third-order valence-corrected chi connectivity index (χ3v) is 4.45. The Bertz CT molecular complexity index is 771. The minimum atomic E-state index is -0.0985. The number of hydrogen-bond acceptors (Lipinski definition) is 5. The van der Waals surface area contributed by atoms with E-state index in [1.807, 2.05) is 25.1 Å². The van der Waals surface area contributed by atoms with Crippen LogP contribution in [0.2, 0.25) is 0 Å². The van der Waals surface area contributed by atoms with E-state index in [2.05, 4.69) is 14.9 Å². The molecule has 128 valence electrons. The van der Waals surface area contributed by atoms with Crippen molar-refractivity contribution in [2.75, 3.05) is 26.2 Å². The van der Waals surface area contributed by atoms with Crippen LogP contribution >= 0.6 is 0 Å². The second-order valence-electron chi connectivity index (χ2n) is 6.17. The number of likely N-dealkylation sites (tertiary alicyclic amines) is 1. The number of aromatic nitrogens is 2. The van der Waals surface area contributed by atoms with Crippen LogP contribution in [0.3, 0.4) is 0 Å². The highest BCUT2D eigenvalue weighted by Gasteiger charge is 2.26. The fourth-order valence-corrected chi connectivity index (χ4v) is 3.23. The first-order chi connectivity index (χ1) is 11.7. The van der Waals surface area contributed by atoms with Gasteiger partial charge in [-0.1, -0.05) is 12.1 Å². The summed E-state index contributed by atoms with van der Waals surface area (Å²) < 4.78 is 5.13. The van der Waals surface area contributed by atoms with Gasteiger partial charge < -0.3 is 14.6 Å². The second-order valence-corrected chi connectivity index (χ2v) is 6.17. The molecule has 0 spiro atoms. The van der Waals surface area contributed by atoms with Crippen molar-refractivity contribution in [3.8, 4) is 0 Å². The van der Waals surface area contributed by atoms with Crippen molar-refractivity contribution in [2.24, 2.45) is 5.92 Å². The van der Waals surface area contributed by atoms with Crippen molar-refractivity contribution in [2.45, 2.75) is 26.2 Å². The van der Waals surface area contributed by atoms with Gasteiger partial charge in [0.05, 0.1) is 23.4 Å². The lowest BCUT2D eigenvalue weighted by Gasteiger charge is -2.31. The number of H-pyrrole nitrogens is 1. The van der Waals surface area contributed by atoms with Crippen LogP contribution in [-0.2, 0) is 16.0 Å². The molecule has 6 heteroatoms. The van der Waals surface area contributed by atoms with Crippen molar-refractivity contribution in [3.63, 3.8) is 0 Å². The number of fused-ring (bicyclic) bond motifs is 1. The van der Waals surface area contributed by atoms with E-state index in [0.717, 1.165) is 38.0 Å². The highest BCUT2D eigenvalue weighted by molar-refractivity contribution is 5.77. The molecule has 2 heterocycles. The van der Waals surface area contributed by atoms with E-state index in [-0.39, 0.29) is 17.4 Å². The van der Waals surface area contributed by atoms with E-state index in [4.69, 9.17) is 4.74 Å². The van der Waals surface area contributed by atoms with Crippen LogP contribution in [-0.4, -0.2) is 47.1 Å². The molecule has 0 radical (unpaired) electrons. The highest BCUT2D eigenvalue weighted by atomic mass is 16.5. The monoisotopic (exact) mass is 329 g/mol. The number of nitrogens with one attached hydrogen (secondary N) is 1. The van der Waals surface area contributed by atoms with Crippen LogP contribution in [0.1, 0.15) is 25.6 Å². The average molecular weight is 329 g/mol. The number of para-hydroxylation sites is 1. The Labute approximate surface area is 140 Å². The molecular weight excluding hydrogens is 306 g/mol. The fourth-order valence-electron chi connectivity index (χ4n) is 3.23. The summed E-state index contributed by atoms with van der Waals surface area (Å²) >= 11 is 0. The van der Waals surface area contributed by atoms with Crippen LogP contribution in [0.5, 0.6) is 0 Å². The smallest absolute Gasteiger partial charge is 0.310 e. The summed E-state index contributed by atoms with van der Waals surface area (Å²) in [5, 5.41) is 0.613. The Morgan fingerprint density at radius 1 is 1.42 bits per heavy atom. The summed E-state index contributed by atoms with van der Waals surface area (Å²) in [7, 11) is 0. The number of carbonyl (C=O) groups is 1. The molecule has 0 saturated carbocycles. The summed E-state index contributed by atoms with van der Waals surface area (Å²) in [5.74, 6) is 0.554. The minimum Gasteiger partial charge on any atom is -0.466 e. The first kappa shape index (κ1) is 16.6. The quantitative estimate of drug-likeness (QED) is 0.846. The molecule has 1 aliphatic heterocycles. The molecule has 6 nitrogen and oxygen atoms in total. The third-order valence-electron chi connectivity index (χ3n) is 4.45. The van der Waals surface area contributed by atoms with E-state index in [0.29, 0.717) is 24.2 Å². The van der Waals surface area contributed by atoms with E-state index < -0.39 is 0 Å². The van der Waals surface area contributed by atoms with Gasteiger partial charge in [0.2, 0.25) is 0 Å². The molecule has 2 aromatic rings. The van der Waals surface area contributed by atoms with Crippen LogP contribution in [0, 0.1) is 5.92 Å². The predicted octanol–water partition coefficient (Wildman–Crippen LogP) is 1.74. The van der Waals surface area contributed by atoms with Gasteiger partial charge in [0.15, 0.2) is 0 Å². The molecule has 1 aromatic heterocycles. The summed E-state index contributed by atoms with van der Waals surface area (Å²) in [6, 6.07) is 7.35. The normalized spacial score (nSPS) is 18.6. The van der Waals surface area contributed by atoms with Gasteiger partial charge in [-0.15, -0.1) is 0 Å². The van der Waals surface area contributed by atoms with Crippen molar-refractivity contribution in [3.05, 3.63) is 40.4 Å². The number of piperidine rings is 1. The SMILES string of the molecule is CCOC(=O)[C@H]1CCCN(CCc2nc3ccccc3c(=O)[nH]2)C1. The number of benzene rings is 1. The molecule has 0 aliphatic carbocycles. The fraction of sp³-hybridized carbons (Fsp3) is 0.500. The standard InChI is InChI=1S/C18H23N3O3/c1-2-24-18(23)13-6-5-10-21(12-13)11-9-16-19-15-8-4-3-7-14(15)17(22)20-16/h3-4,7-8,13H,2,5-6,9-12H2,1H3,(H,19,20,22)/t13-/m0/s1. The lowest BCUT2D eigenvalue weighted by atomic mass is 9.98. The molecular formula is C18H23N3O3. The first-order valence-corrected chi connectivity index (χ1v) is 8.54. The zero-order valence-electron chi connectivity index (χ0n) is 14.0. The van der Waals surface area contributed by atoms with Gasteiger partial charge in [0.1, 0.15) is 5.82 Å². The number of carbonyl (C=O) groups excluding carboxylic acids is 1. The third kappa shape index (κ3) is 3.82. The maximum Gasteiger partial charge on any atom is 0.310 e. The molecule has 0 unspecified atom stereocenters. The molecule has 1 atom stereocenters. The molecule has 1 aliphatic rings. The van der Waals surface area contributed by atoms with E-state index in [1.165, 1.54) is 0 Å². The van der Waals surface area contributed by atoms with Crippen LogP contribution in [0.4, 0.5) is 0 Å². The Morgan fingerprint density at radius 2 is 2.25 bits per heavy atom. The second kappa shape index (κ2) is 7.57. The van der Waals surface area contributed by atoms with E-state index in [9.17, 15) is 9.59 Å². The zero-order valence-corrected chi connectivity index (χ0v) is 14.0. The molecule has 0 bridgehead atoms. The largest absolute Gasteiger partial charge is 0.466 e. The van der Waals surface area contributed by atoms with E-state index in [1.54, 1.807) is 6.07 Å². The number of rotatable bonds is 5. The zero-order chi connectivity index (χ0) is 16.9. The molecule has 0 amide bonds. The van der Waals surface area contributed by atoms with Gasteiger partial charge in [0, 0.05) is 19.5 Å². The molecule has 1 aromatic carbocycles. The van der Waals surface area contributed by atoms with Gasteiger partial charge in [-0.2, -0.15) is 0 Å². The predicted molar refractivity (Wildman–Crippen MR) is 91.9 cm³/mol.